The van der Waals surface area contributed by atoms with Crippen LogP contribution in [0.4, 0.5) is 0 Å². The maximum Gasteiger partial charge on any atom is 0.119 e. The maximum absolute atomic E-state index is 4.38. The van der Waals surface area contributed by atoms with Gasteiger partial charge < -0.3 is 4.90 Å². The summed E-state index contributed by atoms with van der Waals surface area (Å²) in [5, 5.41) is 6.55. The molecule has 3 heteroatoms. The van der Waals surface area contributed by atoms with E-state index in [0.29, 0.717) is 6.17 Å². The molecule has 1 heterocycles. The normalized spacial score (nSPS) is 22.1. The summed E-state index contributed by atoms with van der Waals surface area (Å²) in [7, 11) is 0. The molecule has 13 heavy (non-hydrogen) atoms. The Bertz CT molecular complexity index is 163. The fourth-order valence-corrected chi connectivity index (χ4v) is 1.72. The zero-order chi connectivity index (χ0) is 9.84. The summed E-state index contributed by atoms with van der Waals surface area (Å²) in [5.74, 6) is 0.731. The van der Waals surface area contributed by atoms with E-state index in [4.69, 9.17) is 0 Å². The first-order chi connectivity index (χ1) is 6.19. The summed E-state index contributed by atoms with van der Waals surface area (Å²) >= 11 is 0. The fourth-order valence-electron chi connectivity index (χ4n) is 1.72. The van der Waals surface area contributed by atoms with Crippen LogP contribution < -0.4 is 0 Å². The van der Waals surface area contributed by atoms with Gasteiger partial charge >= 0.3 is 0 Å². The lowest BCUT2D eigenvalue weighted by Crippen LogP contribution is -2.40. The number of hydrazone groups is 1. The number of hydrogen-bond donors (Lipinski definition) is 0. The number of rotatable bonds is 4. The summed E-state index contributed by atoms with van der Waals surface area (Å²) in [6, 6.07) is 0. The molecule has 1 unspecified atom stereocenters. The maximum atomic E-state index is 4.38. The van der Waals surface area contributed by atoms with Gasteiger partial charge in [-0.3, -0.25) is 5.01 Å². The third-order valence-electron chi connectivity index (χ3n) is 2.45. The Labute approximate surface area is 81.4 Å². The van der Waals surface area contributed by atoms with E-state index in [1.54, 1.807) is 0 Å². The van der Waals surface area contributed by atoms with E-state index in [0.717, 1.165) is 19.0 Å². The van der Waals surface area contributed by atoms with E-state index < -0.39 is 0 Å². The lowest BCUT2D eigenvalue weighted by Gasteiger charge is -2.30. The first-order valence-corrected chi connectivity index (χ1v) is 5.25. The van der Waals surface area contributed by atoms with Crippen molar-refractivity contribution in [2.45, 2.75) is 40.3 Å². The van der Waals surface area contributed by atoms with Crippen molar-refractivity contribution in [1.82, 2.24) is 9.91 Å². The van der Waals surface area contributed by atoms with Crippen LogP contribution >= 0.6 is 0 Å². The van der Waals surface area contributed by atoms with Crippen LogP contribution in [0.5, 0.6) is 0 Å². The van der Waals surface area contributed by atoms with Gasteiger partial charge in [0.1, 0.15) is 12.5 Å². The van der Waals surface area contributed by atoms with E-state index in [1.807, 2.05) is 6.34 Å². The zero-order valence-corrected chi connectivity index (χ0v) is 9.20. The van der Waals surface area contributed by atoms with E-state index in [2.05, 4.69) is 42.7 Å². The van der Waals surface area contributed by atoms with Crippen molar-refractivity contribution < 1.29 is 0 Å². The minimum absolute atomic E-state index is 0.495. The SMILES string of the molecule is CCN1C=NN(CC)C1CC(C)C. The first kappa shape index (κ1) is 10.4. The van der Waals surface area contributed by atoms with Crippen molar-refractivity contribution in [1.29, 1.82) is 0 Å². The van der Waals surface area contributed by atoms with Crippen LogP contribution in [0.15, 0.2) is 5.10 Å². The van der Waals surface area contributed by atoms with Crippen LogP contribution in [0.2, 0.25) is 0 Å². The molecule has 0 aliphatic carbocycles. The van der Waals surface area contributed by atoms with Crippen LogP contribution in [-0.4, -0.2) is 35.5 Å². The molecular formula is C10H21N3. The third kappa shape index (κ3) is 2.36. The summed E-state index contributed by atoms with van der Waals surface area (Å²) < 4.78 is 0. The van der Waals surface area contributed by atoms with Crippen LogP contribution in [0.1, 0.15) is 34.1 Å². The largest absolute Gasteiger partial charge is 0.340 e. The Morgan fingerprint density at radius 2 is 2.00 bits per heavy atom. The van der Waals surface area contributed by atoms with Crippen molar-refractivity contribution in [2.75, 3.05) is 13.1 Å². The second-order valence-corrected chi connectivity index (χ2v) is 3.93. The highest BCUT2D eigenvalue weighted by molar-refractivity contribution is 5.56. The lowest BCUT2D eigenvalue weighted by molar-refractivity contribution is 0.119. The highest BCUT2D eigenvalue weighted by Gasteiger charge is 2.25. The first-order valence-electron chi connectivity index (χ1n) is 5.25. The molecule has 3 nitrogen and oxygen atoms in total. The fraction of sp³-hybridized carbons (Fsp3) is 0.900. The predicted octanol–water partition coefficient (Wildman–Crippen LogP) is 1.96. The molecule has 0 spiro atoms. The van der Waals surface area contributed by atoms with Crippen LogP contribution in [-0.2, 0) is 0 Å². The van der Waals surface area contributed by atoms with Crippen LogP contribution in [0.25, 0.3) is 0 Å². The van der Waals surface area contributed by atoms with Gasteiger partial charge in [-0.15, -0.1) is 0 Å². The molecule has 0 saturated carbocycles. The average Bonchev–Trinajstić information content (AvgIpc) is 2.46. The highest BCUT2D eigenvalue weighted by atomic mass is 15.6. The van der Waals surface area contributed by atoms with Gasteiger partial charge in [0.25, 0.3) is 0 Å². The minimum Gasteiger partial charge on any atom is -0.340 e. The monoisotopic (exact) mass is 183 g/mol. The molecule has 0 fully saturated rings. The van der Waals surface area contributed by atoms with Crippen LogP contribution in [0, 0.1) is 5.92 Å². The molecule has 1 aliphatic heterocycles. The number of hydrogen-bond acceptors (Lipinski definition) is 3. The van der Waals surface area contributed by atoms with Gasteiger partial charge in [-0.1, -0.05) is 13.8 Å². The van der Waals surface area contributed by atoms with E-state index >= 15 is 0 Å². The van der Waals surface area contributed by atoms with Gasteiger partial charge in [0.05, 0.1) is 0 Å². The van der Waals surface area contributed by atoms with Gasteiger partial charge in [-0.25, -0.2) is 0 Å². The molecular weight excluding hydrogens is 162 g/mol. The average molecular weight is 183 g/mol. The van der Waals surface area contributed by atoms with Crippen LogP contribution in [0.3, 0.4) is 0 Å². The standard InChI is InChI=1S/C10H21N3/c1-5-12-8-11-13(6-2)10(12)7-9(3)4/h8-10H,5-7H2,1-4H3. The quantitative estimate of drug-likeness (QED) is 0.663. The third-order valence-corrected chi connectivity index (χ3v) is 2.45. The molecule has 0 aromatic rings. The van der Waals surface area contributed by atoms with Gasteiger partial charge in [-0.05, 0) is 26.2 Å². The summed E-state index contributed by atoms with van der Waals surface area (Å²) in [5.41, 5.74) is 0. The van der Waals surface area contributed by atoms with Crippen molar-refractivity contribution in [3.8, 4) is 0 Å². The molecule has 1 aliphatic rings. The summed E-state index contributed by atoms with van der Waals surface area (Å²) in [6.45, 7) is 10.9. The molecule has 76 valence electrons. The van der Waals surface area contributed by atoms with Crippen molar-refractivity contribution in [2.24, 2.45) is 11.0 Å². The molecule has 1 rings (SSSR count). The zero-order valence-electron chi connectivity index (χ0n) is 9.20. The second kappa shape index (κ2) is 4.49. The Morgan fingerprint density at radius 1 is 1.31 bits per heavy atom. The topological polar surface area (TPSA) is 18.8 Å². The van der Waals surface area contributed by atoms with Gasteiger partial charge in [0.2, 0.25) is 0 Å². The second-order valence-electron chi connectivity index (χ2n) is 3.93. The van der Waals surface area contributed by atoms with E-state index in [1.165, 1.54) is 6.42 Å². The molecule has 0 bridgehead atoms. The van der Waals surface area contributed by atoms with Gasteiger partial charge in [-0.2, -0.15) is 5.10 Å². The molecule has 0 saturated heterocycles. The summed E-state index contributed by atoms with van der Waals surface area (Å²) in [6.07, 6.45) is 3.66. The van der Waals surface area contributed by atoms with Crippen molar-refractivity contribution >= 4 is 6.34 Å². The smallest absolute Gasteiger partial charge is 0.119 e. The molecule has 0 radical (unpaired) electrons. The Hall–Kier alpha value is -0.730. The Balaban J connectivity index is 2.55. The van der Waals surface area contributed by atoms with E-state index in [9.17, 15) is 0 Å². The number of nitrogens with zero attached hydrogens (tertiary/aromatic N) is 3. The molecule has 0 N–H and O–H groups in total. The molecule has 0 aromatic heterocycles. The molecule has 1 atom stereocenters. The predicted molar refractivity (Wildman–Crippen MR) is 56.5 cm³/mol. The lowest BCUT2D eigenvalue weighted by atomic mass is 10.1. The van der Waals surface area contributed by atoms with Gasteiger partial charge in [0.15, 0.2) is 0 Å². The Morgan fingerprint density at radius 3 is 2.46 bits per heavy atom. The molecule has 0 aromatic carbocycles. The Kier molecular flexibility index (Phi) is 3.58. The van der Waals surface area contributed by atoms with Gasteiger partial charge in [0, 0.05) is 13.1 Å². The highest BCUT2D eigenvalue weighted by Crippen LogP contribution is 2.18. The summed E-state index contributed by atoms with van der Waals surface area (Å²) in [4.78, 5) is 2.31. The van der Waals surface area contributed by atoms with Crippen molar-refractivity contribution in [3.63, 3.8) is 0 Å². The molecule has 0 amide bonds. The van der Waals surface area contributed by atoms with Crippen molar-refractivity contribution in [3.05, 3.63) is 0 Å². The minimum atomic E-state index is 0.495. The van der Waals surface area contributed by atoms with E-state index in [-0.39, 0.29) is 0 Å².